The first-order chi connectivity index (χ1) is 12.4. The summed E-state index contributed by atoms with van der Waals surface area (Å²) < 4.78 is 43.2. The van der Waals surface area contributed by atoms with E-state index in [1.54, 1.807) is 4.90 Å². The van der Waals surface area contributed by atoms with Crippen LogP contribution in [0.5, 0.6) is 0 Å². The Hall–Kier alpha value is -2.16. The molecule has 1 aromatic rings. The molecule has 1 atom stereocenters. The van der Waals surface area contributed by atoms with Crippen molar-refractivity contribution in [2.24, 2.45) is 0 Å². The SMILES string of the molecule is O=C1COCCN1CC(=O)N1CCCCC1c1ccc(C(F)(F)F)cn1. The van der Waals surface area contributed by atoms with Crippen LogP contribution in [0.2, 0.25) is 0 Å². The highest BCUT2D eigenvalue weighted by molar-refractivity contribution is 5.86. The van der Waals surface area contributed by atoms with Crippen molar-refractivity contribution < 1.29 is 27.5 Å². The van der Waals surface area contributed by atoms with Crippen molar-refractivity contribution in [3.05, 3.63) is 29.6 Å². The van der Waals surface area contributed by atoms with Crippen LogP contribution in [0.1, 0.15) is 36.6 Å². The highest BCUT2D eigenvalue weighted by atomic mass is 19.4. The highest BCUT2D eigenvalue weighted by Gasteiger charge is 2.33. The topological polar surface area (TPSA) is 62.7 Å². The second kappa shape index (κ2) is 7.61. The number of hydrogen-bond donors (Lipinski definition) is 0. The Kier molecular flexibility index (Phi) is 5.45. The molecule has 3 heterocycles. The highest BCUT2D eigenvalue weighted by Crippen LogP contribution is 2.33. The fourth-order valence-electron chi connectivity index (χ4n) is 3.28. The van der Waals surface area contributed by atoms with Gasteiger partial charge in [-0.05, 0) is 31.4 Å². The number of ether oxygens (including phenoxy) is 1. The Balaban J connectivity index is 1.73. The first-order valence-corrected chi connectivity index (χ1v) is 8.54. The molecule has 9 heteroatoms. The molecule has 2 aliphatic rings. The molecule has 6 nitrogen and oxygen atoms in total. The zero-order valence-electron chi connectivity index (χ0n) is 14.2. The van der Waals surface area contributed by atoms with Crippen molar-refractivity contribution in [3.63, 3.8) is 0 Å². The smallest absolute Gasteiger partial charge is 0.370 e. The molecular formula is C17H20F3N3O3. The summed E-state index contributed by atoms with van der Waals surface area (Å²) in [4.78, 5) is 31.5. The number of morpholine rings is 1. The van der Waals surface area contributed by atoms with Crippen molar-refractivity contribution in [2.75, 3.05) is 32.8 Å². The lowest BCUT2D eigenvalue weighted by Crippen LogP contribution is -2.49. The minimum Gasteiger partial charge on any atom is -0.370 e. The van der Waals surface area contributed by atoms with E-state index < -0.39 is 11.7 Å². The average molecular weight is 371 g/mol. The van der Waals surface area contributed by atoms with Crippen molar-refractivity contribution in [1.82, 2.24) is 14.8 Å². The molecule has 2 aliphatic heterocycles. The quantitative estimate of drug-likeness (QED) is 0.816. The number of piperidine rings is 1. The molecule has 1 unspecified atom stereocenters. The van der Waals surface area contributed by atoms with Crippen LogP contribution < -0.4 is 0 Å². The molecule has 0 radical (unpaired) electrons. The zero-order chi connectivity index (χ0) is 18.7. The van der Waals surface area contributed by atoms with Crippen molar-refractivity contribution in [2.45, 2.75) is 31.5 Å². The van der Waals surface area contributed by atoms with E-state index in [-0.39, 0.29) is 31.0 Å². The van der Waals surface area contributed by atoms with E-state index in [2.05, 4.69) is 4.98 Å². The van der Waals surface area contributed by atoms with Gasteiger partial charge in [0.1, 0.15) is 6.61 Å². The Morgan fingerprint density at radius 1 is 1.27 bits per heavy atom. The van der Waals surface area contributed by atoms with Crippen LogP contribution >= 0.6 is 0 Å². The van der Waals surface area contributed by atoms with Crippen molar-refractivity contribution in [1.29, 1.82) is 0 Å². The van der Waals surface area contributed by atoms with Gasteiger partial charge in [0, 0.05) is 19.3 Å². The summed E-state index contributed by atoms with van der Waals surface area (Å²) in [6.45, 7) is 1.19. The molecule has 0 saturated carbocycles. The van der Waals surface area contributed by atoms with Gasteiger partial charge in [0.2, 0.25) is 11.8 Å². The number of pyridine rings is 1. The van der Waals surface area contributed by atoms with E-state index in [0.717, 1.165) is 25.1 Å². The first kappa shape index (κ1) is 18.6. The normalized spacial score (nSPS) is 21.8. The van der Waals surface area contributed by atoms with Crippen LogP contribution in [-0.2, 0) is 20.5 Å². The third-order valence-electron chi connectivity index (χ3n) is 4.69. The van der Waals surface area contributed by atoms with Crippen LogP contribution in [0.3, 0.4) is 0 Å². The summed E-state index contributed by atoms with van der Waals surface area (Å²) >= 11 is 0. The van der Waals surface area contributed by atoms with Gasteiger partial charge in [-0.15, -0.1) is 0 Å². The molecule has 2 fully saturated rings. The molecule has 26 heavy (non-hydrogen) atoms. The number of amides is 2. The van der Waals surface area contributed by atoms with E-state index in [4.69, 9.17) is 4.74 Å². The van der Waals surface area contributed by atoms with Crippen LogP contribution in [0.25, 0.3) is 0 Å². The number of rotatable bonds is 3. The van der Waals surface area contributed by atoms with E-state index in [0.29, 0.717) is 31.8 Å². The Bertz CT molecular complexity index is 663. The van der Waals surface area contributed by atoms with Crippen LogP contribution in [0, 0.1) is 0 Å². The van der Waals surface area contributed by atoms with E-state index in [9.17, 15) is 22.8 Å². The Morgan fingerprint density at radius 2 is 2.08 bits per heavy atom. The molecule has 3 rings (SSSR count). The van der Waals surface area contributed by atoms with Gasteiger partial charge in [-0.25, -0.2) is 0 Å². The lowest BCUT2D eigenvalue weighted by molar-refractivity contribution is -0.150. The molecule has 0 aliphatic carbocycles. The molecule has 2 saturated heterocycles. The molecule has 142 valence electrons. The fraction of sp³-hybridized carbons (Fsp3) is 0.588. The van der Waals surface area contributed by atoms with Crippen LogP contribution in [0.15, 0.2) is 18.3 Å². The van der Waals surface area contributed by atoms with Crippen molar-refractivity contribution >= 4 is 11.8 Å². The van der Waals surface area contributed by atoms with Gasteiger partial charge in [-0.1, -0.05) is 0 Å². The second-order valence-electron chi connectivity index (χ2n) is 6.44. The average Bonchev–Trinajstić information content (AvgIpc) is 2.63. The minimum absolute atomic E-state index is 0.0306. The van der Waals surface area contributed by atoms with Gasteiger partial charge in [-0.3, -0.25) is 14.6 Å². The van der Waals surface area contributed by atoms with Gasteiger partial charge in [0.05, 0.1) is 30.5 Å². The van der Waals surface area contributed by atoms with Crippen molar-refractivity contribution in [3.8, 4) is 0 Å². The zero-order valence-corrected chi connectivity index (χ0v) is 14.2. The molecule has 0 N–H and O–H groups in total. The monoisotopic (exact) mass is 371 g/mol. The predicted molar refractivity (Wildman–Crippen MR) is 84.9 cm³/mol. The summed E-state index contributed by atoms with van der Waals surface area (Å²) in [5.74, 6) is -0.447. The number of hydrogen-bond acceptors (Lipinski definition) is 4. The first-order valence-electron chi connectivity index (χ1n) is 8.54. The van der Waals surface area contributed by atoms with Gasteiger partial charge in [-0.2, -0.15) is 13.2 Å². The summed E-state index contributed by atoms with van der Waals surface area (Å²) in [5.41, 5.74) is -0.367. The molecule has 0 aromatic carbocycles. The van der Waals surface area contributed by atoms with E-state index in [1.807, 2.05) is 0 Å². The van der Waals surface area contributed by atoms with Gasteiger partial charge in [0.25, 0.3) is 0 Å². The third kappa shape index (κ3) is 4.14. The Morgan fingerprint density at radius 3 is 2.73 bits per heavy atom. The molecule has 0 spiro atoms. The van der Waals surface area contributed by atoms with E-state index in [1.165, 1.54) is 11.0 Å². The lowest BCUT2D eigenvalue weighted by Gasteiger charge is -2.37. The largest absolute Gasteiger partial charge is 0.417 e. The molecular weight excluding hydrogens is 351 g/mol. The summed E-state index contributed by atoms with van der Waals surface area (Å²) in [6.07, 6.45) is -1.31. The maximum atomic E-state index is 12.7. The number of nitrogens with zero attached hydrogens (tertiary/aromatic N) is 3. The Labute approximate surface area is 148 Å². The standard InChI is InChI=1S/C17H20F3N3O3/c18-17(19,20)12-4-5-13(21-9-12)14-3-1-2-6-23(14)15(24)10-22-7-8-26-11-16(22)25/h4-5,9,14H,1-3,6-8,10-11H2. The molecule has 2 amide bonds. The fourth-order valence-corrected chi connectivity index (χ4v) is 3.28. The van der Waals surface area contributed by atoms with Crippen LogP contribution in [-0.4, -0.2) is 59.4 Å². The van der Waals surface area contributed by atoms with E-state index >= 15 is 0 Å². The summed E-state index contributed by atoms with van der Waals surface area (Å²) in [6, 6.07) is 1.96. The second-order valence-corrected chi connectivity index (χ2v) is 6.44. The van der Waals surface area contributed by atoms with Crippen LogP contribution in [0.4, 0.5) is 13.2 Å². The number of likely N-dealkylation sites (tertiary alicyclic amines) is 1. The number of halogens is 3. The number of aromatic nitrogens is 1. The predicted octanol–water partition coefficient (Wildman–Crippen LogP) is 2.01. The number of carbonyl (C=O) groups is 2. The van der Waals surface area contributed by atoms with Gasteiger partial charge >= 0.3 is 6.18 Å². The maximum Gasteiger partial charge on any atom is 0.417 e. The summed E-state index contributed by atoms with van der Waals surface area (Å²) in [5, 5.41) is 0. The number of alkyl halides is 3. The van der Waals surface area contributed by atoms with Gasteiger partial charge in [0.15, 0.2) is 0 Å². The molecule has 1 aromatic heterocycles. The van der Waals surface area contributed by atoms with Gasteiger partial charge < -0.3 is 14.5 Å². The number of carbonyl (C=O) groups excluding carboxylic acids is 2. The maximum absolute atomic E-state index is 12.7. The minimum atomic E-state index is -4.44. The lowest BCUT2D eigenvalue weighted by atomic mass is 9.98. The molecule has 0 bridgehead atoms. The summed E-state index contributed by atoms with van der Waals surface area (Å²) in [7, 11) is 0. The third-order valence-corrected chi connectivity index (χ3v) is 4.69.